The minimum atomic E-state index is -4.41. The average Bonchev–Trinajstić information content (AvgIpc) is 2.66. The highest BCUT2D eigenvalue weighted by atomic mass is 19.4. The van der Waals surface area contributed by atoms with E-state index in [1.165, 1.54) is 11.1 Å². The zero-order valence-electron chi connectivity index (χ0n) is 17.2. The van der Waals surface area contributed by atoms with Gasteiger partial charge in [-0.3, -0.25) is 14.7 Å². The number of hydrogen-bond acceptors (Lipinski definition) is 3. The fourth-order valence-electron chi connectivity index (χ4n) is 3.30. The summed E-state index contributed by atoms with van der Waals surface area (Å²) in [4.78, 5) is 19.0. The van der Waals surface area contributed by atoms with Crippen molar-refractivity contribution in [1.29, 1.82) is 0 Å². The summed E-state index contributed by atoms with van der Waals surface area (Å²) in [6.45, 7) is 3.42. The van der Waals surface area contributed by atoms with E-state index in [1.807, 2.05) is 6.07 Å². The van der Waals surface area contributed by atoms with Crippen molar-refractivity contribution in [3.05, 3.63) is 35.4 Å². The Morgan fingerprint density at radius 3 is 2.52 bits per heavy atom. The summed E-state index contributed by atoms with van der Waals surface area (Å²) in [6.07, 6.45) is -2.56. The first-order valence-corrected chi connectivity index (χ1v) is 9.72. The third-order valence-corrected chi connectivity index (χ3v) is 5.06. The maximum absolute atomic E-state index is 12.4. The van der Waals surface area contributed by atoms with E-state index < -0.39 is 18.6 Å². The third-order valence-electron chi connectivity index (χ3n) is 5.06. The quantitative estimate of drug-likeness (QED) is 0.554. The van der Waals surface area contributed by atoms with E-state index in [4.69, 9.17) is 0 Å². The Hall–Kier alpha value is -2.29. The Morgan fingerprint density at radius 2 is 1.93 bits per heavy atom. The van der Waals surface area contributed by atoms with Crippen LogP contribution in [0.3, 0.4) is 0 Å². The standard InChI is InChI=1S/C20H30F3N5O/c1-15-6-4-5-7-16(15)13-28-10-8-17(9-11-28)26-19(24-2)25-12-18(29)27(3)14-20(21,22)23/h4-7,17H,8-14H2,1-3H3,(H2,24,25,26). The van der Waals surface area contributed by atoms with Gasteiger partial charge in [0, 0.05) is 39.8 Å². The smallest absolute Gasteiger partial charge is 0.354 e. The number of guanidine groups is 1. The molecule has 162 valence electrons. The molecule has 1 fully saturated rings. The number of carbonyl (C=O) groups excluding carboxylic acids is 1. The number of halogens is 3. The fourth-order valence-corrected chi connectivity index (χ4v) is 3.30. The number of aliphatic imine (C=N–C) groups is 1. The Balaban J connectivity index is 1.74. The molecule has 0 saturated carbocycles. The van der Waals surface area contributed by atoms with Gasteiger partial charge in [0.05, 0.1) is 6.54 Å². The van der Waals surface area contributed by atoms with Crippen molar-refractivity contribution in [2.24, 2.45) is 4.99 Å². The van der Waals surface area contributed by atoms with E-state index in [2.05, 4.69) is 45.6 Å². The van der Waals surface area contributed by atoms with Crippen molar-refractivity contribution in [1.82, 2.24) is 20.4 Å². The van der Waals surface area contributed by atoms with E-state index in [0.717, 1.165) is 39.5 Å². The molecule has 0 radical (unpaired) electrons. The summed E-state index contributed by atoms with van der Waals surface area (Å²) in [6, 6.07) is 8.57. The summed E-state index contributed by atoms with van der Waals surface area (Å²) in [5, 5.41) is 6.07. The highest BCUT2D eigenvalue weighted by Crippen LogP contribution is 2.16. The zero-order chi connectivity index (χ0) is 21.4. The Kier molecular flexibility index (Phi) is 8.31. The predicted molar refractivity (Wildman–Crippen MR) is 108 cm³/mol. The van der Waals surface area contributed by atoms with Crippen molar-refractivity contribution >= 4 is 11.9 Å². The second-order valence-electron chi connectivity index (χ2n) is 7.41. The van der Waals surface area contributed by atoms with E-state index in [1.54, 1.807) is 7.05 Å². The van der Waals surface area contributed by atoms with Gasteiger partial charge in [-0.1, -0.05) is 24.3 Å². The van der Waals surface area contributed by atoms with Crippen LogP contribution in [-0.2, 0) is 11.3 Å². The number of piperidine rings is 1. The lowest BCUT2D eigenvalue weighted by Crippen LogP contribution is -2.50. The number of hydrogen-bond donors (Lipinski definition) is 2. The number of alkyl halides is 3. The highest BCUT2D eigenvalue weighted by molar-refractivity contribution is 5.86. The van der Waals surface area contributed by atoms with Crippen LogP contribution in [0, 0.1) is 6.92 Å². The number of amides is 1. The SMILES string of the molecule is CN=C(NCC(=O)N(C)CC(F)(F)F)NC1CCN(Cc2ccccc2C)CC1. The molecule has 0 bridgehead atoms. The summed E-state index contributed by atoms with van der Waals surface area (Å²) in [5.74, 6) is -0.213. The van der Waals surface area contributed by atoms with Crippen molar-refractivity contribution in [3.8, 4) is 0 Å². The molecule has 0 aromatic heterocycles. The van der Waals surface area contributed by atoms with Gasteiger partial charge >= 0.3 is 6.18 Å². The molecule has 1 aromatic rings. The maximum Gasteiger partial charge on any atom is 0.406 e. The minimum absolute atomic E-state index is 0.206. The summed E-state index contributed by atoms with van der Waals surface area (Å²) in [7, 11) is 2.71. The molecular weight excluding hydrogens is 383 g/mol. The molecule has 1 aromatic carbocycles. The number of aryl methyl sites for hydroxylation is 1. The molecule has 1 heterocycles. The van der Waals surface area contributed by atoms with Crippen LogP contribution < -0.4 is 10.6 Å². The molecule has 1 amide bonds. The lowest BCUT2D eigenvalue weighted by molar-refractivity contribution is -0.157. The number of benzene rings is 1. The largest absolute Gasteiger partial charge is 0.406 e. The molecule has 2 N–H and O–H groups in total. The molecule has 0 spiro atoms. The van der Waals surface area contributed by atoms with Gasteiger partial charge in [-0.2, -0.15) is 13.2 Å². The molecule has 6 nitrogen and oxygen atoms in total. The van der Waals surface area contributed by atoms with Gasteiger partial charge in [-0.25, -0.2) is 0 Å². The van der Waals surface area contributed by atoms with Gasteiger partial charge in [0.2, 0.25) is 5.91 Å². The Bertz CT molecular complexity index is 700. The molecule has 9 heteroatoms. The number of likely N-dealkylation sites (tertiary alicyclic amines) is 1. The van der Waals surface area contributed by atoms with Crippen molar-refractivity contribution in [2.45, 2.75) is 38.5 Å². The van der Waals surface area contributed by atoms with Gasteiger partial charge in [0.1, 0.15) is 6.54 Å². The molecule has 1 aliphatic rings. The van der Waals surface area contributed by atoms with Gasteiger partial charge in [0.15, 0.2) is 5.96 Å². The van der Waals surface area contributed by atoms with Crippen molar-refractivity contribution in [3.63, 3.8) is 0 Å². The van der Waals surface area contributed by atoms with E-state index in [-0.39, 0.29) is 12.6 Å². The molecule has 29 heavy (non-hydrogen) atoms. The molecule has 0 aliphatic carbocycles. The van der Waals surface area contributed by atoms with E-state index in [9.17, 15) is 18.0 Å². The molecular formula is C20H30F3N5O. The Morgan fingerprint density at radius 1 is 1.28 bits per heavy atom. The van der Waals surface area contributed by atoms with Crippen LogP contribution in [0.15, 0.2) is 29.3 Å². The van der Waals surface area contributed by atoms with Gasteiger partial charge in [-0.15, -0.1) is 0 Å². The first-order valence-electron chi connectivity index (χ1n) is 9.72. The van der Waals surface area contributed by atoms with E-state index in [0.29, 0.717) is 10.9 Å². The summed E-state index contributed by atoms with van der Waals surface area (Å²) >= 11 is 0. The molecule has 1 saturated heterocycles. The number of carbonyl (C=O) groups is 1. The van der Waals surface area contributed by atoms with E-state index >= 15 is 0 Å². The van der Waals surface area contributed by atoms with Crippen molar-refractivity contribution in [2.75, 3.05) is 40.3 Å². The Labute approximate surface area is 170 Å². The van der Waals surface area contributed by atoms with Crippen LogP contribution in [-0.4, -0.2) is 74.2 Å². The number of nitrogens with one attached hydrogen (secondary N) is 2. The minimum Gasteiger partial charge on any atom is -0.354 e. The lowest BCUT2D eigenvalue weighted by Gasteiger charge is -2.33. The van der Waals surface area contributed by atoms with Crippen LogP contribution >= 0.6 is 0 Å². The highest BCUT2D eigenvalue weighted by Gasteiger charge is 2.31. The normalized spacial score (nSPS) is 16.6. The third kappa shape index (κ3) is 7.92. The van der Waals surface area contributed by atoms with Gasteiger partial charge in [0.25, 0.3) is 0 Å². The summed E-state index contributed by atoms with van der Waals surface area (Å²) in [5.41, 5.74) is 2.62. The number of likely N-dealkylation sites (N-methyl/N-ethyl adjacent to an activating group) is 1. The van der Waals surface area contributed by atoms with Gasteiger partial charge in [-0.05, 0) is 30.9 Å². The first-order chi connectivity index (χ1) is 13.7. The average molecular weight is 413 g/mol. The number of nitrogens with zero attached hydrogens (tertiary/aromatic N) is 3. The second kappa shape index (κ2) is 10.5. The monoisotopic (exact) mass is 413 g/mol. The lowest BCUT2D eigenvalue weighted by atomic mass is 10.0. The first kappa shape index (κ1) is 23.0. The predicted octanol–water partition coefficient (Wildman–Crippen LogP) is 2.15. The van der Waals surface area contributed by atoms with Crippen LogP contribution in [0.5, 0.6) is 0 Å². The van der Waals surface area contributed by atoms with Crippen LogP contribution in [0.25, 0.3) is 0 Å². The zero-order valence-corrected chi connectivity index (χ0v) is 17.2. The van der Waals surface area contributed by atoms with Gasteiger partial charge < -0.3 is 15.5 Å². The fraction of sp³-hybridized carbons (Fsp3) is 0.600. The van der Waals surface area contributed by atoms with Crippen LogP contribution in [0.4, 0.5) is 13.2 Å². The maximum atomic E-state index is 12.4. The second-order valence-corrected chi connectivity index (χ2v) is 7.41. The molecule has 0 unspecified atom stereocenters. The van der Waals surface area contributed by atoms with Crippen molar-refractivity contribution < 1.29 is 18.0 Å². The van der Waals surface area contributed by atoms with Crippen LogP contribution in [0.1, 0.15) is 24.0 Å². The molecule has 1 aliphatic heterocycles. The molecule has 2 rings (SSSR count). The van der Waals surface area contributed by atoms with Crippen LogP contribution in [0.2, 0.25) is 0 Å². The summed E-state index contributed by atoms with van der Waals surface area (Å²) < 4.78 is 37.1. The number of rotatable bonds is 6. The molecule has 0 atom stereocenters. The topological polar surface area (TPSA) is 60.0 Å².